The third kappa shape index (κ3) is 21.6. The van der Waals surface area contributed by atoms with Gasteiger partial charge in [0.1, 0.15) is 17.2 Å². The van der Waals surface area contributed by atoms with Crippen molar-refractivity contribution < 1.29 is 80.1 Å². The Hall–Kier alpha value is -9.02. The van der Waals surface area contributed by atoms with Crippen molar-refractivity contribution in [3.8, 4) is 23.0 Å². The van der Waals surface area contributed by atoms with Crippen LogP contribution in [0.3, 0.4) is 0 Å². The average molecular weight is 1050 g/mol. The fraction of sp³-hybridized carbons (Fsp3) is 0.0167. The van der Waals surface area contributed by atoms with Crippen molar-refractivity contribution >= 4 is 63.3 Å². The molecule has 0 aliphatic heterocycles. The Kier molecular flexibility index (Phi) is 27.7. The number of anilines is 4. The molecule has 0 spiro atoms. The Balaban J connectivity index is 0.000000340. The van der Waals surface area contributed by atoms with E-state index < -0.39 is 11.2 Å². The molecule has 9 aromatic carbocycles. The van der Waals surface area contributed by atoms with Crippen molar-refractivity contribution in [2.45, 2.75) is 0 Å². The van der Waals surface area contributed by atoms with Crippen molar-refractivity contribution in [3.05, 3.63) is 277 Å². The van der Waals surface area contributed by atoms with Gasteiger partial charge >= 0.3 is 35.5 Å². The molecule has 3 amide bonds. The smallest absolute Gasteiger partial charge is 1.00 e. The summed E-state index contributed by atoms with van der Waals surface area (Å²) in [7, 11) is 1.00. The summed E-state index contributed by atoms with van der Waals surface area (Å²) >= 11 is 5.16. The second kappa shape index (κ2) is 34.4. The van der Waals surface area contributed by atoms with Crippen molar-refractivity contribution in [3.63, 3.8) is 0 Å². The first kappa shape index (κ1) is 61.3. The van der Waals surface area contributed by atoms with E-state index in [0.29, 0.717) is 56.3 Å². The van der Waals surface area contributed by atoms with Gasteiger partial charge in [0.2, 0.25) is 0 Å². The first-order chi connectivity index (χ1) is 36.4. The topological polar surface area (TPSA) is 238 Å². The minimum absolute atomic E-state index is 0. The zero-order valence-electron chi connectivity index (χ0n) is 42.4. The molecule has 0 atom stereocenters. The number of aliphatic hydroxyl groups is 1. The molecule has 9 aromatic rings. The van der Waals surface area contributed by atoms with E-state index in [1.807, 2.05) is 30.3 Å². The minimum Gasteiger partial charge on any atom is -1.00 e. The number of benzene rings is 9. The van der Waals surface area contributed by atoms with Crippen LogP contribution in [0.15, 0.2) is 249 Å². The van der Waals surface area contributed by atoms with Crippen molar-refractivity contribution in [1.82, 2.24) is 0 Å². The number of nitrogen functional groups attached to an aromatic ring is 1. The zero-order valence-corrected chi connectivity index (χ0v) is 44.1. The number of hydrogen-bond donors (Lipinski definition) is 8. The van der Waals surface area contributed by atoms with Crippen LogP contribution in [0.4, 0.5) is 22.7 Å². The number of aromatic hydroxyl groups is 3. The maximum atomic E-state index is 12.3. The van der Waals surface area contributed by atoms with E-state index in [9.17, 15) is 34.2 Å². The van der Waals surface area contributed by atoms with Gasteiger partial charge in [0.25, 0.3) is 23.0 Å². The van der Waals surface area contributed by atoms with Crippen LogP contribution in [0.25, 0.3) is 0 Å². The predicted octanol–water partition coefficient (Wildman–Crippen LogP) is 9.21. The summed E-state index contributed by atoms with van der Waals surface area (Å²) in [6, 6.07) is 70.8. The van der Waals surface area contributed by atoms with Gasteiger partial charge in [-0.2, -0.15) is 0 Å². The molecule has 0 bridgehead atoms. The van der Waals surface area contributed by atoms with Crippen LogP contribution in [-0.2, 0) is 0 Å². The van der Waals surface area contributed by atoms with E-state index in [-0.39, 0.29) is 66.0 Å². The fourth-order valence-electron chi connectivity index (χ4n) is 5.96. The van der Waals surface area contributed by atoms with Crippen LogP contribution >= 0.6 is 11.6 Å². The Bertz CT molecular complexity index is 3000. The SMILES string of the molecule is CO.Nc1ccccc1O.O=C(Cl)c1ccccc1.O=C(Nc1ccccc1O)c1ccccc1.O=C(Nc1ccccc1O)c1ccccc1.O=C(Nc1ccccc1OC(=O)c1ccccc1)c1ccccc1.[H-].[Na+]. The maximum Gasteiger partial charge on any atom is 1.00 e. The largest absolute Gasteiger partial charge is 1.00 e. The number of amides is 3. The molecule has 0 fully saturated rings. The van der Waals surface area contributed by atoms with Crippen LogP contribution in [0.5, 0.6) is 23.0 Å². The van der Waals surface area contributed by atoms with E-state index in [0.717, 1.165) is 7.11 Å². The van der Waals surface area contributed by atoms with Gasteiger partial charge in [-0.05, 0) is 109 Å². The number of esters is 1. The predicted molar refractivity (Wildman–Crippen MR) is 296 cm³/mol. The average Bonchev–Trinajstić information content (AvgIpc) is 3.46. The number of nitrogens with one attached hydrogen (secondary N) is 3. The summed E-state index contributed by atoms with van der Waals surface area (Å²) < 4.78 is 5.41. The third-order valence-corrected chi connectivity index (χ3v) is 9.92. The van der Waals surface area contributed by atoms with Crippen LogP contribution in [0.1, 0.15) is 53.2 Å². The second-order valence-corrected chi connectivity index (χ2v) is 15.3. The van der Waals surface area contributed by atoms with Gasteiger partial charge in [0, 0.05) is 29.4 Å². The molecule has 0 aliphatic carbocycles. The third-order valence-electron chi connectivity index (χ3n) is 9.70. The number of rotatable bonds is 9. The number of carbonyl (C=O) groups is 5. The number of halogens is 1. The zero-order chi connectivity index (χ0) is 54.2. The molecule has 0 heterocycles. The molecule has 0 radical (unpaired) electrons. The number of carbonyl (C=O) groups excluding carboxylic acids is 5. The number of nitrogens with two attached hydrogens (primary N) is 1. The van der Waals surface area contributed by atoms with Gasteiger partial charge in [-0.25, -0.2) is 4.79 Å². The minimum atomic E-state index is -0.475. The monoisotopic (exact) mass is 1050 g/mol. The van der Waals surface area contributed by atoms with E-state index in [4.69, 9.17) is 32.3 Å². The molecule has 14 nitrogen and oxygen atoms in total. The molecule has 0 aliphatic rings. The number of hydrogen-bond acceptors (Lipinski definition) is 11. The number of ether oxygens (including phenoxy) is 1. The molecule has 9 rings (SSSR count). The van der Waals surface area contributed by atoms with E-state index in [1.165, 1.54) is 12.1 Å². The van der Waals surface area contributed by atoms with Crippen molar-refractivity contribution in [2.75, 3.05) is 28.8 Å². The van der Waals surface area contributed by atoms with Gasteiger partial charge < -0.3 is 48.3 Å². The molecule has 9 N–H and O–H groups in total. The molecule has 382 valence electrons. The summed E-state index contributed by atoms with van der Waals surface area (Å²) in [6.45, 7) is 0. The van der Waals surface area contributed by atoms with E-state index >= 15 is 0 Å². The molecule has 0 aromatic heterocycles. The van der Waals surface area contributed by atoms with E-state index in [1.54, 1.807) is 206 Å². The molecule has 0 unspecified atom stereocenters. The van der Waals surface area contributed by atoms with Gasteiger partial charge in [0.05, 0.1) is 28.3 Å². The molecule has 0 saturated heterocycles. The summed E-state index contributed by atoms with van der Waals surface area (Å²) in [5.41, 5.74) is 9.60. The van der Waals surface area contributed by atoms with Gasteiger partial charge in [-0.3, -0.25) is 19.2 Å². The first-order valence-corrected chi connectivity index (χ1v) is 23.0. The van der Waals surface area contributed by atoms with Crippen LogP contribution in [-0.4, -0.2) is 56.5 Å². The quantitative estimate of drug-likeness (QED) is 0.0169. The van der Waals surface area contributed by atoms with Crippen molar-refractivity contribution in [2.24, 2.45) is 0 Å². The fourth-order valence-corrected chi connectivity index (χ4v) is 6.09. The Morgan fingerprint density at radius 1 is 0.382 bits per heavy atom. The van der Waals surface area contributed by atoms with Crippen molar-refractivity contribution in [1.29, 1.82) is 0 Å². The standard InChI is InChI=1S/C20H15NO3.2C13H11NO2.C7H5ClO.C6H7NO.CH4O.Na.H/c22-19(15-9-3-1-4-10-15)21-17-13-7-8-14-18(17)24-20(23)16-11-5-2-6-12-16;2*15-12-9-5-4-8-11(12)14-13(16)10-6-2-1-3-7-10;8-7(9)6-4-2-1-3-5-6;7-5-3-1-2-4-6(5)8;1-2;;/h1-14H,(H,21,22);2*1-9,15H,(H,14,16);1-5H;1-4,8H,7H2;2H,1H3;;/q;;;;;;+1;-1. The number of para-hydroxylation sites is 8. The first-order valence-electron chi connectivity index (χ1n) is 22.6. The van der Waals surface area contributed by atoms with Gasteiger partial charge in [-0.15, -0.1) is 0 Å². The Morgan fingerprint density at radius 2 is 0.658 bits per heavy atom. The summed E-state index contributed by atoms with van der Waals surface area (Å²) in [6.07, 6.45) is 0. The number of phenols is 3. The van der Waals surface area contributed by atoms with Crippen LogP contribution in [0, 0.1) is 0 Å². The molecule has 76 heavy (non-hydrogen) atoms. The van der Waals surface area contributed by atoms with Crippen LogP contribution in [0.2, 0.25) is 0 Å². The van der Waals surface area contributed by atoms with Crippen LogP contribution < -0.4 is 56.0 Å². The van der Waals surface area contributed by atoms with E-state index in [2.05, 4.69) is 16.0 Å². The Morgan fingerprint density at radius 3 is 0.974 bits per heavy atom. The summed E-state index contributed by atoms with van der Waals surface area (Å²) in [5.74, 6) is -0.637. The number of phenolic OH excluding ortho intramolecular Hbond substituents is 3. The molecule has 0 saturated carbocycles. The maximum absolute atomic E-state index is 12.3. The molecular weight excluding hydrogens is 995 g/mol. The second-order valence-electron chi connectivity index (χ2n) is 14.9. The molecule has 16 heteroatoms. The van der Waals surface area contributed by atoms with Gasteiger partial charge in [0.15, 0.2) is 5.75 Å². The Labute approximate surface area is 468 Å². The normalized spacial score (nSPS) is 9.36. The summed E-state index contributed by atoms with van der Waals surface area (Å²) in [4.78, 5) is 58.4. The summed E-state index contributed by atoms with van der Waals surface area (Å²) in [5, 5.41) is 42.4. The van der Waals surface area contributed by atoms with Gasteiger partial charge in [-0.1, -0.05) is 152 Å². The molecular formula is C60H54ClN4NaO10. The number of aliphatic hydroxyl groups excluding tert-OH is 1.